The molecule has 0 radical (unpaired) electrons. The number of carbonyl (C=O) groups is 2. The van der Waals surface area contributed by atoms with Gasteiger partial charge in [0.15, 0.2) is 0 Å². The van der Waals surface area contributed by atoms with Crippen molar-refractivity contribution in [2.24, 2.45) is 17.3 Å². The molecule has 2 fully saturated rings. The highest BCUT2D eigenvalue weighted by molar-refractivity contribution is 6.35. The molecular formula is C29H36Cl2N2O3. The Hall–Kier alpha value is -2.08. The lowest BCUT2D eigenvalue weighted by Gasteiger charge is -2.36. The number of carboxylic acids is 1. The van der Waals surface area contributed by atoms with Gasteiger partial charge in [0.25, 0.3) is 0 Å². The molecule has 2 aliphatic rings. The zero-order valence-corrected chi connectivity index (χ0v) is 22.7. The van der Waals surface area contributed by atoms with Gasteiger partial charge in [-0.05, 0) is 41.5 Å². The number of likely N-dealkylation sites (tertiary alicyclic amines) is 1. The van der Waals surface area contributed by atoms with E-state index in [4.69, 9.17) is 23.2 Å². The minimum atomic E-state index is -0.950. The third-order valence-corrected chi connectivity index (χ3v) is 8.40. The number of benzene rings is 2. The smallest absolute Gasteiger partial charge is 0.326 e. The van der Waals surface area contributed by atoms with E-state index in [9.17, 15) is 14.7 Å². The van der Waals surface area contributed by atoms with Gasteiger partial charge < -0.3 is 15.3 Å². The fraction of sp³-hybridized carbons (Fsp3) is 0.517. The first-order valence-electron chi connectivity index (χ1n) is 12.9. The quantitative estimate of drug-likeness (QED) is 0.434. The van der Waals surface area contributed by atoms with Crippen molar-refractivity contribution < 1.29 is 14.7 Å². The molecule has 5 nitrogen and oxygen atoms in total. The van der Waals surface area contributed by atoms with Crippen LogP contribution in [-0.4, -0.2) is 34.0 Å². The van der Waals surface area contributed by atoms with Crippen LogP contribution in [0.3, 0.4) is 0 Å². The van der Waals surface area contributed by atoms with Gasteiger partial charge >= 0.3 is 5.97 Å². The number of amides is 1. The van der Waals surface area contributed by atoms with Gasteiger partial charge in [0, 0.05) is 34.5 Å². The van der Waals surface area contributed by atoms with Crippen LogP contribution >= 0.6 is 23.2 Å². The third-order valence-electron chi connectivity index (χ3n) is 7.81. The van der Waals surface area contributed by atoms with Gasteiger partial charge in [0.1, 0.15) is 6.04 Å². The summed E-state index contributed by atoms with van der Waals surface area (Å²) in [7, 11) is 0. The topological polar surface area (TPSA) is 69.6 Å². The van der Waals surface area contributed by atoms with Crippen LogP contribution in [-0.2, 0) is 16.1 Å². The van der Waals surface area contributed by atoms with E-state index in [0.29, 0.717) is 16.6 Å². The van der Waals surface area contributed by atoms with E-state index in [1.807, 2.05) is 36.4 Å². The second kappa shape index (κ2) is 11.1. The molecule has 1 saturated heterocycles. The van der Waals surface area contributed by atoms with Crippen molar-refractivity contribution in [3.8, 4) is 0 Å². The molecule has 0 aromatic heterocycles. The molecule has 36 heavy (non-hydrogen) atoms. The molecule has 0 spiro atoms. The van der Waals surface area contributed by atoms with E-state index < -0.39 is 18.1 Å². The first kappa shape index (κ1) is 27.0. The highest BCUT2D eigenvalue weighted by Gasteiger charge is 2.58. The van der Waals surface area contributed by atoms with Crippen LogP contribution in [0.4, 0.5) is 0 Å². The Morgan fingerprint density at radius 2 is 1.69 bits per heavy atom. The first-order chi connectivity index (χ1) is 17.1. The van der Waals surface area contributed by atoms with E-state index in [-0.39, 0.29) is 29.2 Å². The SMILES string of the molecule is CC(C)(C)[C@H]1[C@H](NCc2ccc(Cl)cc2Cl)[C@H](c2ccccc2)N(C(=O)C2CCCCC2)[C@@H]1C(=O)O. The number of aliphatic carboxylic acids is 1. The number of rotatable bonds is 6. The molecule has 7 heteroatoms. The van der Waals surface area contributed by atoms with Crippen LogP contribution in [0.2, 0.25) is 10.0 Å². The van der Waals surface area contributed by atoms with Crippen molar-refractivity contribution >= 4 is 35.1 Å². The molecule has 2 aromatic rings. The summed E-state index contributed by atoms with van der Waals surface area (Å²) in [6.07, 6.45) is 4.80. The number of halogens is 2. The lowest BCUT2D eigenvalue weighted by molar-refractivity contribution is -0.154. The van der Waals surface area contributed by atoms with Crippen LogP contribution in [0.25, 0.3) is 0 Å². The Kier molecular flexibility index (Phi) is 8.33. The average molecular weight is 532 g/mol. The van der Waals surface area contributed by atoms with E-state index in [1.165, 1.54) is 0 Å². The van der Waals surface area contributed by atoms with E-state index in [0.717, 1.165) is 43.2 Å². The second-order valence-electron chi connectivity index (χ2n) is 11.3. The first-order valence-corrected chi connectivity index (χ1v) is 13.6. The normalized spacial score (nSPS) is 25.2. The Morgan fingerprint density at radius 1 is 1.03 bits per heavy atom. The molecule has 0 bridgehead atoms. The second-order valence-corrected chi connectivity index (χ2v) is 12.1. The van der Waals surface area contributed by atoms with E-state index >= 15 is 0 Å². The van der Waals surface area contributed by atoms with Crippen LogP contribution in [0.1, 0.15) is 70.0 Å². The predicted molar refractivity (Wildman–Crippen MR) is 144 cm³/mol. The van der Waals surface area contributed by atoms with Crippen molar-refractivity contribution in [1.29, 1.82) is 0 Å². The Bertz CT molecular complexity index is 1080. The lowest BCUT2D eigenvalue weighted by atomic mass is 9.72. The molecule has 1 aliphatic carbocycles. The minimum Gasteiger partial charge on any atom is -0.480 e. The van der Waals surface area contributed by atoms with Crippen molar-refractivity contribution in [3.05, 3.63) is 69.7 Å². The monoisotopic (exact) mass is 530 g/mol. The van der Waals surface area contributed by atoms with Gasteiger partial charge in [-0.3, -0.25) is 4.79 Å². The predicted octanol–water partition coefficient (Wildman–Crippen LogP) is 6.73. The summed E-state index contributed by atoms with van der Waals surface area (Å²) in [6, 6.07) is 13.6. The summed E-state index contributed by atoms with van der Waals surface area (Å²) in [5.74, 6) is -1.43. The van der Waals surface area contributed by atoms with Gasteiger partial charge in [-0.1, -0.05) is 99.6 Å². The molecule has 0 unspecified atom stereocenters. The summed E-state index contributed by atoms with van der Waals surface area (Å²) >= 11 is 12.6. The summed E-state index contributed by atoms with van der Waals surface area (Å²) in [4.78, 5) is 28.7. The van der Waals surface area contributed by atoms with Gasteiger partial charge in [-0.2, -0.15) is 0 Å². The highest BCUT2D eigenvalue weighted by atomic mass is 35.5. The Balaban J connectivity index is 1.79. The maximum Gasteiger partial charge on any atom is 0.326 e. The highest BCUT2D eigenvalue weighted by Crippen LogP contribution is 2.49. The van der Waals surface area contributed by atoms with Crippen molar-refractivity contribution in [2.45, 2.75) is 77.5 Å². The molecule has 4 rings (SSSR count). The number of carbonyl (C=O) groups excluding carboxylic acids is 1. The Morgan fingerprint density at radius 3 is 2.28 bits per heavy atom. The maximum absolute atomic E-state index is 14.1. The van der Waals surface area contributed by atoms with Gasteiger partial charge in [0.05, 0.1) is 6.04 Å². The number of hydrogen-bond acceptors (Lipinski definition) is 3. The van der Waals surface area contributed by atoms with Crippen LogP contribution in [0.5, 0.6) is 0 Å². The Labute approximate surface area is 224 Å². The molecule has 1 heterocycles. The summed E-state index contributed by atoms with van der Waals surface area (Å²) in [5, 5.41) is 15.3. The molecule has 1 aliphatic heterocycles. The summed E-state index contributed by atoms with van der Waals surface area (Å²) < 4.78 is 0. The number of nitrogens with zero attached hydrogens (tertiary/aromatic N) is 1. The van der Waals surface area contributed by atoms with Crippen LogP contribution < -0.4 is 5.32 Å². The number of nitrogens with one attached hydrogen (secondary N) is 1. The molecule has 1 amide bonds. The van der Waals surface area contributed by atoms with E-state index in [1.54, 1.807) is 17.0 Å². The van der Waals surface area contributed by atoms with Gasteiger partial charge in [0.2, 0.25) is 5.91 Å². The minimum absolute atomic E-state index is 0.0287. The van der Waals surface area contributed by atoms with Crippen LogP contribution in [0.15, 0.2) is 48.5 Å². The van der Waals surface area contributed by atoms with Crippen LogP contribution in [0, 0.1) is 17.3 Å². The number of hydrogen-bond donors (Lipinski definition) is 2. The standard InChI is InChI=1S/C29H36Cl2N2O3/c1-29(2,3)23-24(32-17-20-14-15-21(30)16-22(20)31)25(18-10-6-4-7-11-18)33(26(23)28(35)36)27(34)19-12-8-5-9-13-19/h4,6-7,10-11,14-16,19,23-26,32H,5,8-9,12-13,17H2,1-3H3,(H,35,36)/t23-,24-,25-,26-/m0/s1. The maximum atomic E-state index is 14.1. The molecular weight excluding hydrogens is 495 g/mol. The molecule has 1 saturated carbocycles. The van der Waals surface area contributed by atoms with Gasteiger partial charge in [-0.15, -0.1) is 0 Å². The largest absolute Gasteiger partial charge is 0.480 e. The molecule has 194 valence electrons. The van der Waals surface area contributed by atoms with Crippen molar-refractivity contribution in [3.63, 3.8) is 0 Å². The average Bonchev–Trinajstić information content (AvgIpc) is 3.20. The lowest BCUT2D eigenvalue weighted by Crippen LogP contribution is -2.49. The van der Waals surface area contributed by atoms with E-state index in [2.05, 4.69) is 26.1 Å². The zero-order valence-electron chi connectivity index (χ0n) is 21.2. The summed E-state index contributed by atoms with van der Waals surface area (Å²) in [5.41, 5.74) is 1.45. The third kappa shape index (κ3) is 5.58. The molecule has 4 atom stereocenters. The zero-order chi connectivity index (χ0) is 26.0. The fourth-order valence-corrected chi connectivity index (χ4v) is 6.66. The molecule has 2 N–H and O–H groups in total. The number of carboxylic acid groups (broad SMARTS) is 1. The molecule has 2 aromatic carbocycles. The van der Waals surface area contributed by atoms with Crippen molar-refractivity contribution in [1.82, 2.24) is 10.2 Å². The van der Waals surface area contributed by atoms with Crippen molar-refractivity contribution in [2.75, 3.05) is 0 Å². The van der Waals surface area contributed by atoms with Gasteiger partial charge in [-0.25, -0.2) is 4.79 Å². The fourth-order valence-electron chi connectivity index (χ4n) is 6.18. The summed E-state index contributed by atoms with van der Waals surface area (Å²) in [6.45, 7) is 6.63.